The van der Waals surface area contributed by atoms with Crippen LogP contribution in [0.15, 0.2) is 89.5 Å². The normalized spacial score (nSPS) is 16.9. The van der Waals surface area contributed by atoms with Gasteiger partial charge in [-0.25, -0.2) is 12.8 Å². The van der Waals surface area contributed by atoms with Gasteiger partial charge in [-0.15, -0.1) is 0 Å². The third-order valence-electron chi connectivity index (χ3n) is 6.64. The molecule has 2 atom stereocenters. The Morgan fingerprint density at radius 1 is 1.07 bits per heavy atom. The number of carbonyl (C=O) groups is 1. The van der Waals surface area contributed by atoms with Gasteiger partial charge in [-0.3, -0.25) is 4.79 Å². The predicted molar refractivity (Wildman–Crippen MR) is 163 cm³/mol. The Morgan fingerprint density at radius 2 is 1.76 bits per heavy atom. The molecule has 0 aromatic heterocycles. The van der Waals surface area contributed by atoms with Gasteiger partial charge in [0.05, 0.1) is 25.2 Å². The highest BCUT2D eigenvalue weighted by atomic mass is 127. The van der Waals surface area contributed by atoms with Crippen LogP contribution < -0.4 is 10.1 Å². The van der Waals surface area contributed by atoms with E-state index < -0.39 is 22.2 Å². The first-order valence-electron chi connectivity index (χ1n) is 13.2. The summed E-state index contributed by atoms with van der Waals surface area (Å²) >= 11 is 2.22. The van der Waals surface area contributed by atoms with Gasteiger partial charge in [0.15, 0.2) is 5.76 Å². The van der Waals surface area contributed by atoms with Gasteiger partial charge in [0.25, 0.3) is 5.91 Å². The summed E-state index contributed by atoms with van der Waals surface area (Å²) in [4.78, 5) is 13.1. The number of ether oxygens (including phenoxy) is 3. The molecule has 3 aromatic carbocycles. The Labute approximate surface area is 258 Å². The van der Waals surface area contributed by atoms with E-state index in [-0.39, 0.29) is 55.2 Å². The van der Waals surface area contributed by atoms with E-state index in [1.54, 1.807) is 30.3 Å². The fourth-order valence-electron chi connectivity index (χ4n) is 4.38. The van der Waals surface area contributed by atoms with Crippen molar-refractivity contribution in [3.8, 4) is 5.75 Å². The Balaban J connectivity index is 1.44. The Morgan fingerprint density at radius 3 is 2.40 bits per heavy atom. The minimum atomic E-state index is -3.91. The van der Waals surface area contributed by atoms with Crippen LogP contribution in [0.25, 0.3) is 0 Å². The molecule has 12 heteroatoms. The van der Waals surface area contributed by atoms with Crippen molar-refractivity contribution in [1.29, 1.82) is 0 Å². The van der Waals surface area contributed by atoms with Crippen LogP contribution in [0.3, 0.4) is 0 Å². The molecule has 0 saturated heterocycles. The lowest BCUT2D eigenvalue weighted by molar-refractivity contribution is -0.146. The number of nitrogens with one attached hydrogen (secondary N) is 1. The average Bonchev–Trinajstić information content (AvgIpc) is 3.00. The first kappa shape index (κ1) is 31.9. The van der Waals surface area contributed by atoms with Crippen LogP contribution in [-0.2, 0) is 30.8 Å². The number of aliphatic hydroxyl groups excluding tert-OH is 1. The monoisotopic (exact) mass is 710 g/mol. The average molecular weight is 711 g/mol. The molecule has 2 N–H and O–H groups in total. The number of nitrogens with zero attached hydrogens (tertiary/aromatic N) is 1. The molecule has 0 spiro atoms. The number of carbonyl (C=O) groups excluding carboxylic acids is 1. The van der Waals surface area contributed by atoms with Crippen molar-refractivity contribution < 1.29 is 36.9 Å². The van der Waals surface area contributed by atoms with Gasteiger partial charge in [0.1, 0.15) is 11.6 Å². The van der Waals surface area contributed by atoms with Gasteiger partial charge >= 0.3 is 0 Å². The molecule has 42 heavy (non-hydrogen) atoms. The van der Waals surface area contributed by atoms with Gasteiger partial charge in [-0.2, -0.15) is 4.31 Å². The number of aliphatic hydroxyl groups is 1. The lowest BCUT2D eigenvalue weighted by atomic mass is 9.93. The van der Waals surface area contributed by atoms with Crippen LogP contribution in [-0.4, -0.2) is 63.4 Å². The number of sulfonamides is 1. The summed E-state index contributed by atoms with van der Waals surface area (Å²) in [5.74, 6) is -0.405. The summed E-state index contributed by atoms with van der Waals surface area (Å²) in [6.07, 6.45) is 1.32. The second kappa shape index (κ2) is 14.9. The fourth-order valence-corrected chi connectivity index (χ4v) is 6.15. The van der Waals surface area contributed by atoms with Crippen LogP contribution in [0, 0.1) is 9.39 Å². The maximum atomic E-state index is 13.2. The Hall–Kier alpha value is -3.04. The maximum absolute atomic E-state index is 13.2. The molecule has 0 unspecified atom stereocenters. The first-order valence-corrected chi connectivity index (χ1v) is 15.7. The molecular formula is C30H32FIN2O7S. The molecular weight excluding hydrogens is 678 g/mol. The van der Waals surface area contributed by atoms with E-state index in [1.807, 2.05) is 24.3 Å². The van der Waals surface area contributed by atoms with E-state index in [9.17, 15) is 22.7 Å². The van der Waals surface area contributed by atoms with E-state index in [2.05, 4.69) is 27.9 Å². The second-order valence-corrected chi connectivity index (χ2v) is 12.6. The van der Waals surface area contributed by atoms with E-state index in [1.165, 1.54) is 31.4 Å². The fraction of sp³-hybridized carbons (Fsp3) is 0.300. The Bertz CT molecular complexity index is 1470. The molecule has 1 aliphatic heterocycles. The number of allylic oxidation sites excluding steroid dienone is 1. The highest BCUT2D eigenvalue weighted by molar-refractivity contribution is 14.1. The zero-order chi connectivity index (χ0) is 30.1. The van der Waals surface area contributed by atoms with Gasteiger partial charge in [0.2, 0.25) is 16.3 Å². The van der Waals surface area contributed by atoms with Crippen molar-refractivity contribution >= 4 is 38.5 Å². The van der Waals surface area contributed by atoms with Crippen LogP contribution >= 0.6 is 22.6 Å². The van der Waals surface area contributed by atoms with E-state index >= 15 is 0 Å². The van der Waals surface area contributed by atoms with Crippen molar-refractivity contribution in [3.63, 3.8) is 0 Å². The number of methoxy groups -OCH3 is 1. The third kappa shape index (κ3) is 8.51. The zero-order valence-electron chi connectivity index (χ0n) is 22.9. The summed E-state index contributed by atoms with van der Waals surface area (Å²) in [5, 5.41) is 12.3. The summed E-state index contributed by atoms with van der Waals surface area (Å²) in [6, 6.07) is 19.7. The highest BCUT2D eigenvalue weighted by Gasteiger charge is 2.30. The van der Waals surface area contributed by atoms with E-state index in [4.69, 9.17) is 14.2 Å². The summed E-state index contributed by atoms with van der Waals surface area (Å²) in [5.41, 5.74) is 1.70. The van der Waals surface area contributed by atoms with Crippen molar-refractivity contribution in [3.05, 3.63) is 105 Å². The molecule has 0 saturated carbocycles. The maximum Gasteiger partial charge on any atom is 0.286 e. The molecule has 1 aliphatic rings. The minimum absolute atomic E-state index is 0.0378. The lowest BCUT2D eigenvalue weighted by Gasteiger charge is -2.30. The van der Waals surface area contributed by atoms with Crippen molar-refractivity contribution in [1.82, 2.24) is 9.62 Å². The molecule has 1 heterocycles. The second-order valence-electron chi connectivity index (χ2n) is 9.46. The van der Waals surface area contributed by atoms with Crippen molar-refractivity contribution in [2.75, 3.05) is 33.4 Å². The number of amides is 1. The van der Waals surface area contributed by atoms with Gasteiger partial charge < -0.3 is 24.6 Å². The smallest absolute Gasteiger partial charge is 0.286 e. The Kier molecular flexibility index (Phi) is 11.3. The van der Waals surface area contributed by atoms with Gasteiger partial charge in [-0.1, -0.05) is 24.3 Å². The van der Waals surface area contributed by atoms with Gasteiger partial charge in [-0.05, 0) is 88.3 Å². The summed E-state index contributed by atoms with van der Waals surface area (Å²) in [7, 11) is -2.42. The largest absolute Gasteiger partial charge is 0.497 e. The standard InChI is InChI=1S/C30H32FIN2O7S/c1-39-26-10-12-27(13-11-26)42(37,38)34(14-16-35)15-17-40-29-19-23(22-4-8-25(32)9-5-22)18-28(41-29)30(36)33-20-21-2-6-24(31)7-3-21/h2-13,18,23,29,35H,14-17,19-20H2,1H3,(H,33,36)/t23-,29+/m0/s1. The SMILES string of the molecule is COc1ccc(S(=O)(=O)N(CCO)CCO[C@H]2C[C@@H](c3ccc(I)cc3)C=C(C(=O)NCc3ccc(F)cc3)O2)cc1. The predicted octanol–water partition coefficient (Wildman–Crippen LogP) is 4.17. The molecule has 9 nitrogen and oxygen atoms in total. The highest BCUT2D eigenvalue weighted by Crippen LogP contribution is 2.32. The van der Waals surface area contributed by atoms with Crippen molar-refractivity contribution in [2.24, 2.45) is 0 Å². The lowest BCUT2D eigenvalue weighted by Crippen LogP contribution is -2.38. The summed E-state index contributed by atoms with van der Waals surface area (Å²) in [6.45, 7) is -0.390. The number of hydrogen-bond acceptors (Lipinski definition) is 7. The molecule has 0 aliphatic carbocycles. The zero-order valence-corrected chi connectivity index (χ0v) is 25.9. The molecule has 224 valence electrons. The number of hydrogen-bond donors (Lipinski definition) is 2. The van der Waals surface area contributed by atoms with E-state index in [0.29, 0.717) is 12.2 Å². The molecule has 0 fully saturated rings. The third-order valence-corrected chi connectivity index (χ3v) is 9.27. The quantitative estimate of drug-likeness (QED) is 0.256. The number of rotatable bonds is 13. The summed E-state index contributed by atoms with van der Waals surface area (Å²) < 4.78 is 58.9. The molecule has 4 rings (SSSR count). The van der Waals surface area contributed by atoms with Crippen molar-refractivity contribution in [2.45, 2.75) is 30.1 Å². The van der Waals surface area contributed by atoms with E-state index in [0.717, 1.165) is 19.0 Å². The topological polar surface area (TPSA) is 114 Å². The van der Waals surface area contributed by atoms with Gasteiger partial charge in [0, 0.05) is 35.5 Å². The van der Waals surface area contributed by atoms with Crippen LogP contribution in [0.2, 0.25) is 0 Å². The molecule has 1 amide bonds. The van der Waals surface area contributed by atoms with Crippen LogP contribution in [0.5, 0.6) is 5.75 Å². The number of benzene rings is 3. The van der Waals surface area contributed by atoms with Crippen LogP contribution in [0.1, 0.15) is 23.5 Å². The molecule has 0 bridgehead atoms. The molecule has 0 radical (unpaired) electrons. The minimum Gasteiger partial charge on any atom is -0.497 e. The molecule has 3 aromatic rings. The van der Waals surface area contributed by atoms with Crippen LogP contribution in [0.4, 0.5) is 4.39 Å². The first-order chi connectivity index (χ1) is 20.2. The number of halogens is 2.